The molecule has 0 bridgehead atoms. The Bertz CT molecular complexity index is 1030. The molecule has 32 heavy (non-hydrogen) atoms. The number of ether oxygens (including phenoxy) is 1. The van der Waals surface area contributed by atoms with Gasteiger partial charge in [0.25, 0.3) is 0 Å². The number of piperazine rings is 1. The first-order valence-corrected chi connectivity index (χ1v) is 10.9. The van der Waals surface area contributed by atoms with E-state index in [0.717, 1.165) is 22.4 Å². The van der Waals surface area contributed by atoms with Crippen LogP contribution in [0.4, 0.5) is 0 Å². The lowest BCUT2D eigenvalue weighted by molar-refractivity contribution is -0.142. The smallest absolute Gasteiger partial charge is 0.234 e. The SMILES string of the molecule is COc1ccccc1[C@@H]1CN(C(=O)C(c2ccccc2)c2ccccc2)CCN1C(C)=O. The number of methoxy groups -OCH3 is 1. The van der Waals surface area contributed by atoms with Crippen LogP contribution in [0, 0.1) is 0 Å². The van der Waals surface area contributed by atoms with Crippen LogP contribution in [0.5, 0.6) is 5.75 Å². The van der Waals surface area contributed by atoms with E-state index in [4.69, 9.17) is 4.74 Å². The molecular weight excluding hydrogens is 400 g/mol. The van der Waals surface area contributed by atoms with E-state index in [-0.39, 0.29) is 23.8 Å². The van der Waals surface area contributed by atoms with Crippen LogP contribution >= 0.6 is 0 Å². The average molecular weight is 429 g/mol. The minimum Gasteiger partial charge on any atom is -0.496 e. The third-order valence-electron chi connectivity index (χ3n) is 6.11. The number of nitrogens with zero attached hydrogens (tertiary/aromatic N) is 2. The van der Waals surface area contributed by atoms with Crippen molar-refractivity contribution in [2.45, 2.75) is 18.9 Å². The van der Waals surface area contributed by atoms with Gasteiger partial charge in [0.15, 0.2) is 0 Å². The van der Waals surface area contributed by atoms with E-state index >= 15 is 0 Å². The van der Waals surface area contributed by atoms with Gasteiger partial charge in [0.1, 0.15) is 5.75 Å². The molecule has 1 aliphatic heterocycles. The summed E-state index contributed by atoms with van der Waals surface area (Å²) in [4.78, 5) is 30.0. The highest BCUT2D eigenvalue weighted by atomic mass is 16.5. The summed E-state index contributed by atoms with van der Waals surface area (Å²) in [6.07, 6.45) is 0. The minimum atomic E-state index is -0.389. The molecule has 4 rings (SSSR count). The molecule has 3 aromatic rings. The predicted octanol–water partition coefficient (Wildman–Crippen LogP) is 4.26. The molecule has 0 N–H and O–H groups in total. The molecular formula is C27H28N2O3. The maximum absolute atomic E-state index is 13.9. The van der Waals surface area contributed by atoms with Gasteiger partial charge in [0.2, 0.25) is 11.8 Å². The number of amides is 2. The topological polar surface area (TPSA) is 49.9 Å². The molecule has 0 spiro atoms. The second kappa shape index (κ2) is 9.69. The van der Waals surface area contributed by atoms with Crippen LogP contribution in [-0.2, 0) is 9.59 Å². The molecule has 0 unspecified atom stereocenters. The fourth-order valence-corrected chi connectivity index (χ4v) is 4.52. The summed E-state index contributed by atoms with van der Waals surface area (Å²) < 4.78 is 5.57. The third-order valence-corrected chi connectivity index (χ3v) is 6.11. The summed E-state index contributed by atoms with van der Waals surface area (Å²) in [5.74, 6) is 0.376. The van der Waals surface area contributed by atoms with Crippen LogP contribution in [0.25, 0.3) is 0 Å². The van der Waals surface area contributed by atoms with Crippen molar-refractivity contribution >= 4 is 11.8 Å². The molecule has 0 aliphatic carbocycles. The quantitative estimate of drug-likeness (QED) is 0.610. The highest BCUT2D eigenvalue weighted by molar-refractivity contribution is 5.87. The predicted molar refractivity (Wildman–Crippen MR) is 124 cm³/mol. The molecule has 5 nitrogen and oxygen atoms in total. The zero-order valence-electron chi connectivity index (χ0n) is 18.5. The lowest BCUT2D eigenvalue weighted by Crippen LogP contribution is -2.53. The van der Waals surface area contributed by atoms with Crippen molar-refractivity contribution in [1.82, 2.24) is 9.80 Å². The van der Waals surface area contributed by atoms with Gasteiger partial charge in [-0.25, -0.2) is 0 Å². The fraction of sp³-hybridized carbons (Fsp3) is 0.259. The second-order valence-corrected chi connectivity index (χ2v) is 8.01. The van der Waals surface area contributed by atoms with Gasteiger partial charge in [-0.3, -0.25) is 9.59 Å². The van der Waals surface area contributed by atoms with Crippen molar-refractivity contribution in [3.63, 3.8) is 0 Å². The molecule has 0 radical (unpaired) electrons. The zero-order chi connectivity index (χ0) is 22.5. The normalized spacial score (nSPS) is 16.2. The molecule has 1 saturated heterocycles. The van der Waals surface area contributed by atoms with Crippen molar-refractivity contribution in [2.24, 2.45) is 0 Å². The van der Waals surface area contributed by atoms with Gasteiger partial charge in [-0.05, 0) is 17.2 Å². The van der Waals surface area contributed by atoms with Gasteiger partial charge in [0, 0.05) is 32.1 Å². The second-order valence-electron chi connectivity index (χ2n) is 8.01. The van der Waals surface area contributed by atoms with Crippen molar-refractivity contribution in [2.75, 3.05) is 26.7 Å². The maximum atomic E-state index is 13.9. The number of hydrogen-bond acceptors (Lipinski definition) is 3. The summed E-state index contributed by atoms with van der Waals surface area (Å²) >= 11 is 0. The van der Waals surface area contributed by atoms with Crippen molar-refractivity contribution in [3.8, 4) is 5.75 Å². The van der Waals surface area contributed by atoms with E-state index in [9.17, 15) is 9.59 Å². The molecule has 164 valence electrons. The lowest BCUT2D eigenvalue weighted by Gasteiger charge is -2.42. The van der Waals surface area contributed by atoms with Crippen LogP contribution in [-0.4, -0.2) is 48.4 Å². The summed E-state index contributed by atoms with van der Waals surface area (Å²) in [5.41, 5.74) is 2.84. The summed E-state index contributed by atoms with van der Waals surface area (Å²) in [5, 5.41) is 0. The largest absolute Gasteiger partial charge is 0.496 e. The van der Waals surface area contributed by atoms with E-state index in [2.05, 4.69) is 0 Å². The Morgan fingerprint density at radius 3 is 1.97 bits per heavy atom. The van der Waals surface area contributed by atoms with Crippen molar-refractivity contribution < 1.29 is 14.3 Å². The van der Waals surface area contributed by atoms with E-state index in [1.165, 1.54) is 0 Å². The minimum absolute atomic E-state index is 0.00401. The summed E-state index contributed by atoms with van der Waals surface area (Å²) in [7, 11) is 1.63. The monoisotopic (exact) mass is 428 g/mol. The van der Waals surface area contributed by atoms with Crippen molar-refractivity contribution in [3.05, 3.63) is 102 Å². The Morgan fingerprint density at radius 2 is 1.41 bits per heavy atom. The fourth-order valence-electron chi connectivity index (χ4n) is 4.52. The Labute approximate surface area is 189 Å². The number of rotatable bonds is 5. The van der Waals surface area contributed by atoms with Crippen LogP contribution < -0.4 is 4.74 Å². The van der Waals surface area contributed by atoms with E-state index in [0.29, 0.717) is 19.6 Å². The Morgan fingerprint density at radius 1 is 0.844 bits per heavy atom. The highest BCUT2D eigenvalue weighted by Gasteiger charge is 2.36. The number of hydrogen-bond donors (Lipinski definition) is 0. The molecule has 1 fully saturated rings. The molecule has 5 heteroatoms. The third kappa shape index (κ3) is 4.37. The molecule has 1 aliphatic rings. The lowest BCUT2D eigenvalue weighted by atomic mass is 9.89. The maximum Gasteiger partial charge on any atom is 0.234 e. The molecule has 3 aromatic carbocycles. The first-order valence-electron chi connectivity index (χ1n) is 10.9. The Balaban J connectivity index is 1.69. The van der Waals surface area contributed by atoms with E-state index in [1.54, 1.807) is 14.0 Å². The standard InChI is InChI=1S/C27H28N2O3/c1-20(30)29-18-17-28(19-24(29)23-15-9-10-16-25(23)32-2)27(31)26(21-11-5-3-6-12-21)22-13-7-4-8-14-22/h3-16,24,26H,17-19H2,1-2H3/t24-/m0/s1. The molecule has 1 atom stereocenters. The molecule has 1 heterocycles. The van der Waals surface area contributed by atoms with Gasteiger partial charge in [-0.2, -0.15) is 0 Å². The van der Waals surface area contributed by atoms with E-state index in [1.807, 2.05) is 94.7 Å². The Hall–Kier alpha value is -3.60. The van der Waals surface area contributed by atoms with Crippen LogP contribution in [0.1, 0.15) is 35.6 Å². The van der Waals surface area contributed by atoms with Crippen LogP contribution in [0.3, 0.4) is 0 Å². The molecule has 2 amide bonds. The van der Waals surface area contributed by atoms with E-state index < -0.39 is 0 Å². The average Bonchev–Trinajstić information content (AvgIpc) is 2.85. The summed E-state index contributed by atoms with van der Waals surface area (Å²) in [6, 6.07) is 27.2. The number of para-hydroxylation sites is 1. The Kier molecular flexibility index (Phi) is 6.55. The number of benzene rings is 3. The number of carbonyl (C=O) groups is 2. The first kappa shape index (κ1) is 21.6. The van der Waals surface area contributed by atoms with Gasteiger partial charge in [-0.1, -0.05) is 78.9 Å². The molecule has 0 saturated carbocycles. The van der Waals surface area contributed by atoms with Gasteiger partial charge in [-0.15, -0.1) is 0 Å². The van der Waals surface area contributed by atoms with Gasteiger partial charge >= 0.3 is 0 Å². The first-order chi connectivity index (χ1) is 15.6. The zero-order valence-corrected chi connectivity index (χ0v) is 18.5. The van der Waals surface area contributed by atoms with Crippen molar-refractivity contribution in [1.29, 1.82) is 0 Å². The highest BCUT2D eigenvalue weighted by Crippen LogP contribution is 2.34. The summed E-state index contributed by atoms with van der Waals surface area (Å²) in [6.45, 7) is 2.99. The number of carbonyl (C=O) groups excluding carboxylic acids is 2. The van der Waals surface area contributed by atoms with Crippen LogP contribution in [0.2, 0.25) is 0 Å². The molecule has 0 aromatic heterocycles. The van der Waals surface area contributed by atoms with Crippen LogP contribution in [0.15, 0.2) is 84.9 Å². The van der Waals surface area contributed by atoms with Gasteiger partial charge in [0.05, 0.1) is 19.1 Å². The van der Waals surface area contributed by atoms with Gasteiger partial charge < -0.3 is 14.5 Å².